The molecule has 3 aliphatic rings. The smallest absolute Gasteiger partial charge is 0.192 e. The number of carbonyl (C=O) groups is 1. The van der Waals surface area contributed by atoms with Crippen LogP contribution in [0.15, 0.2) is 23.3 Å². The summed E-state index contributed by atoms with van der Waals surface area (Å²) in [5.74, 6) is 0.659. The van der Waals surface area contributed by atoms with E-state index >= 15 is 0 Å². The Bertz CT molecular complexity index is 706. The molecule has 0 heterocycles. The monoisotopic (exact) mass is 434 g/mol. The minimum atomic E-state index is -1.50. The normalized spacial score (nSPS) is 37.4. The lowest BCUT2D eigenvalue weighted by atomic mass is 9.60. The van der Waals surface area contributed by atoms with Crippen molar-refractivity contribution in [3.63, 3.8) is 0 Å². The molecule has 3 fully saturated rings. The van der Waals surface area contributed by atoms with Gasteiger partial charge in [-0.15, -0.1) is 0 Å². The molecule has 0 aromatic heterocycles. The van der Waals surface area contributed by atoms with Gasteiger partial charge in [0.15, 0.2) is 5.78 Å². The summed E-state index contributed by atoms with van der Waals surface area (Å²) in [5, 5.41) is 40.3. The van der Waals surface area contributed by atoms with Crippen molar-refractivity contribution in [2.24, 2.45) is 23.2 Å². The van der Waals surface area contributed by atoms with Crippen molar-refractivity contribution in [3.8, 4) is 0 Å². The Balaban J connectivity index is 1.71. The molecule has 31 heavy (non-hydrogen) atoms. The van der Waals surface area contributed by atoms with E-state index in [9.17, 15) is 25.2 Å². The van der Waals surface area contributed by atoms with E-state index in [2.05, 4.69) is 26.0 Å². The zero-order chi connectivity index (χ0) is 23.0. The number of carbonyl (C=O) groups excluding carboxylic acids is 1. The van der Waals surface area contributed by atoms with Crippen molar-refractivity contribution in [3.05, 3.63) is 23.3 Å². The lowest BCUT2D eigenvalue weighted by molar-refractivity contribution is -0.144. The first-order valence-electron chi connectivity index (χ1n) is 12.1. The zero-order valence-corrected chi connectivity index (χ0v) is 19.7. The summed E-state index contributed by atoms with van der Waals surface area (Å²) in [7, 11) is 0. The molecule has 3 aliphatic carbocycles. The highest BCUT2D eigenvalue weighted by Crippen LogP contribution is 2.59. The topological polar surface area (TPSA) is 98.0 Å². The number of rotatable bonds is 6. The lowest BCUT2D eigenvalue weighted by Gasteiger charge is -2.44. The van der Waals surface area contributed by atoms with Gasteiger partial charge >= 0.3 is 0 Å². The molecule has 0 bridgehead atoms. The summed E-state index contributed by atoms with van der Waals surface area (Å²) in [6, 6.07) is 0. The molecular weight excluding hydrogens is 392 g/mol. The van der Waals surface area contributed by atoms with E-state index in [0.29, 0.717) is 37.5 Å². The lowest BCUT2D eigenvalue weighted by Crippen LogP contribution is -2.42. The standard InChI is InChI=1S/C26H42O5/c1-16(12-23(29)24(30)25(2,3)31)21-9-10-22-18(6-5-11-26(21,22)4)8-7-17-13-19(27)15-20(28)14-17/h7-8,16,19-23,27-29,31H,5-6,9-15H2,1-4H3/b18-8+/t16-,19-,20-,21-,22+,23+,26-/m1/s1. The predicted octanol–water partition coefficient (Wildman–Crippen LogP) is 3.69. The van der Waals surface area contributed by atoms with Crippen molar-refractivity contribution in [2.45, 2.75) is 109 Å². The van der Waals surface area contributed by atoms with Crippen LogP contribution in [0.2, 0.25) is 0 Å². The van der Waals surface area contributed by atoms with E-state index < -0.39 is 29.7 Å². The Hall–Kier alpha value is -1.01. The second-order valence-corrected chi connectivity index (χ2v) is 11.3. The van der Waals surface area contributed by atoms with Crippen LogP contribution in [0.25, 0.3) is 0 Å². The molecular formula is C26H42O5. The van der Waals surface area contributed by atoms with Gasteiger partial charge in [0.05, 0.1) is 12.2 Å². The van der Waals surface area contributed by atoms with Crippen LogP contribution in [0.5, 0.6) is 0 Å². The number of fused-ring (bicyclic) bond motifs is 1. The molecule has 0 radical (unpaired) electrons. The van der Waals surface area contributed by atoms with Gasteiger partial charge in [0.25, 0.3) is 0 Å². The van der Waals surface area contributed by atoms with Gasteiger partial charge in [-0.3, -0.25) is 4.79 Å². The minimum absolute atomic E-state index is 0.158. The Labute approximate surface area is 187 Å². The number of hydrogen-bond donors (Lipinski definition) is 4. The average Bonchev–Trinajstić information content (AvgIpc) is 3.01. The molecule has 0 aromatic carbocycles. The van der Waals surface area contributed by atoms with Crippen molar-refractivity contribution >= 4 is 5.78 Å². The fraction of sp³-hybridized carbons (Fsp3) is 0.808. The van der Waals surface area contributed by atoms with Gasteiger partial charge in [0.1, 0.15) is 11.7 Å². The van der Waals surface area contributed by atoms with Crippen molar-refractivity contribution < 1.29 is 25.2 Å². The van der Waals surface area contributed by atoms with Gasteiger partial charge in [-0.05, 0) is 94.8 Å². The van der Waals surface area contributed by atoms with E-state index in [0.717, 1.165) is 37.7 Å². The van der Waals surface area contributed by atoms with E-state index in [1.165, 1.54) is 19.4 Å². The molecule has 0 amide bonds. The summed E-state index contributed by atoms with van der Waals surface area (Å²) >= 11 is 0. The second kappa shape index (κ2) is 9.46. The zero-order valence-electron chi connectivity index (χ0n) is 19.7. The quantitative estimate of drug-likeness (QED) is 0.511. The van der Waals surface area contributed by atoms with Gasteiger partial charge in [-0.1, -0.05) is 37.1 Å². The van der Waals surface area contributed by atoms with Crippen LogP contribution in [0, 0.1) is 23.2 Å². The van der Waals surface area contributed by atoms with E-state index in [1.54, 1.807) is 0 Å². The molecule has 0 aromatic rings. The largest absolute Gasteiger partial charge is 0.393 e. The number of ketones is 1. The number of allylic oxidation sites excluding steroid dienone is 3. The van der Waals surface area contributed by atoms with Crippen LogP contribution in [-0.2, 0) is 4.79 Å². The van der Waals surface area contributed by atoms with Crippen molar-refractivity contribution in [1.82, 2.24) is 0 Å². The summed E-state index contributed by atoms with van der Waals surface area (Å²) < 4.78 is 0. The van der Waals surface area contributed by atoms with Crippen LogP contribution in [0.4, 0.5) is 0 Å². The Morgan fingerprint density at radius 1 is 1.19 bits per heavy atom. The molecule has 0 saturated heterocycles. The van der Waals surface area contributed by atoms with Crippen LogP contribution < -0.4 is 0 Å². The highest BCUT2D eigenvalue weighted by atomic mass is 16.3. The third-order valence-electron chi connectivity index (χ3n) is 8.30. The Kier molecular flexibility index (Phi) is 7.52. The van der Waals surface area contributed by atoms with E-state index in [-0.39, 0.29) is 11.3 Å². The molecule has 0 unspecified atom stereocenters. The SMILES string of the molecule is C[C@H](C[C@H](O)C(=O)C(C)(C)O)[C@H]1CC[C@H]2/C(=C/C=C3C[C@@H](O)C[C@H](O)C3)CCC[C@]12C. The second-order valence-electron chi connectivity index (χ2n) is 11.3. The first kappa shape index (κ1) is 24.6. The maximum Gasteiger partial charge on any atom is 0.192 e. The van der Waals surface area contributed by atoms with Gasteiger partial charge < -0.3 is 20.4 Å². The fourth-order valence-electron chi connectivity index (χ4n) is 6.78. The molecule has 0 spiro atoms. The summed E-state index contributed by atoms with van der Waals surface area (Å²) in [6.45, 7) is 7.40. The summed E-state index contributed by atoms with van der Waals surface area (Å²) in [5.41, 5.74) is 1.25. The van der Waals surface area contributed by atoms with Gasteiger partial charge in [-0.25, -0.2) is 0 Å². The Morgan fingerprint density at radius 2 is 1.84 bits per heavy atom. The molecule has 5 nitrogen and oxygen atoms in total. The van der Waals surface area contributed by atoms with Crippen molar-refractivity contribution in [2.75, 3.05) is 0 Å². The molecule has 3 rings (SSSR count). The molecule has 4 N–H and O–H groups in total. The molecule has 7 atom stereocenters. The summed E-state index contributed by atoms with van der Waals surface area (Å²) in [4.78, 5) is 12.3. The first-order valence-corrected chi connectivity index (χ1v) is 12.1. The third kappa shape index (κ3) is 5.50. The maximum atomic E-state index is 12.3. The molecule has 176 valence electrons. The number of hydrogen-bond acceptors (Lipinski definition) is 5. The Morgan fingerprint density at radius 3 is 2.45 bits per heavy atom. The van der Waals surface area contributed by atoms with E-state index in [4.69, 9.17) is 0 Å². The van der Waals surface area contributed by atoms with Crippen LogP contribution in [0.3, 0.4) is 0 Å². The summed E-state index contributed by atoms with van der Waals surface area (Å²) in [6.07, 6.45) is 10.2. The van der Waals surface area contributed by atoms with Crippen molar-refractivity contribution in [1.29, 1.82) is 0 Å². The number of aliphatic hydroxyl groups excluding tert-OH is 3. The highest BCUT2D eigenvalue weighted by molar-refractivity contribution is 5.89. The fourth-order valence-corrected chi connectivity index (χ4v) is 6.78. The van der Waals surface area contributed by atoms with Crippen LogP contribution >= 0.6 is 0 Å². The first-order chi connectivity index (χ1) is 14.4. The third-order valence-corrected chi connectivity index (χ3v) is 8.30. The highest BCUT2D eigenvalue weighted by Gasteiger charge is 2.51. The predicted molar refractivity (Wildman–Crippen MR) is 121 cm³/mol. The van der Waals surface area contributed by atoms with E-state index in [1.807, 2.05) is 0 Å². The average molecular weight is 435 g/mol. The van der Waals surface area contributed by atoms with Gasteiger partial charge in [0.2, 0.25) is 0 Å². The van der Waals surface area contributed by atoms with Crippen LogP contribution in [-0.4, -0.2) is 50.1 Å². The van der Waals surface area contributed by atoms with Gasteiger partial charge in [0, 0.05) is 0 Å². The maximum absolute atomic E-state index is 12.3. The number of aliphatic hydroxyl groups is 4. The van der Waals surface area contributed by atoms with Crippen LogP contribution in [0.1, 0.15) is 85.5 Å². The van der Waals surface area contributed by atoms with Gasteiger partial charge in [-0.2, -0.15) is 0 Å². The number of Topliss-reactive ketones (excluding diaryl/α,β-unsaturated/α-hetero) is 1. The minimum Gasteiger partial charge on any atom is -0.393 e. The molecule has 0 aliphatic heterocycles. The molecule has 5 heteroatoms. The molecule has 3 saturated carbocycles.